The van der Waals surface area contributed by atoms with Crippen molar-refractivity contribution in [3.8, 4) is 17.3 Å². The molecule has 0 fully saturated rings. The maximum atomic E-state index is 13.0. The van der Waals surface area contributed by atoms with Gasteiger partial charge in [-0.25, -0.2) is 4.98 Å². The fraction of sp³-hybridized carbons (Fsp3) is 0.263. The molecule has 8 nitrogen and oxygen atoms in total. The number of nitrogens with one attached hydrogen (secondary N) is 1. The second-order valence-electron chi connectivity index (χ2n) is 6.67. The lowest BCUT2D eigenvalue weighted by atomic mass is 10.0. The van der Waals surface area contributed by atoms with Crippen LogP contribution in [0.1, 0.15) is 46.5 Å². The van der Waals surface area contributed by atoms with Gasteiger partial charge in [0, 0.05) is 18.3 Å². The molecule has 1 unspecified atom stereocenters. The molecule has 0 radical (unpaired) electrons. The minimum absolute atomic E-state index is 0.00913. The minimum Gasteiger partial charge on any atom is -0.342 e. The van der Waals surface area contributed by atoms with Crippen LogP contribution in [-0.4, -0.2) is 30.6 Å². The molecular formula is C19H14F3N7O. The number of halogens is 3. The molecule has 1 atom stereocenters. The molecule has 0 spiro atoms. The molecule has 1 aliphatic rings. The van der Waals surface area contributed by atoms with E-state index in [0.717, 1.165) is 18.7 Å². The Bertz CT molecular complexity index is 1150. The van der Waals surface area contributed by atoms with Crippen LogP contribution in [0.2, 0.25) is 0 Å². The molecule has 11 heteroatoms. The van der Waals surface area contributed by atoms with Gasteiger partial charge in [0.05, 0.1) is 29.8 Å². The first-order valence-electron chi connectivity index (χ1n) is 8.99. The van der Waals surface area contributed by atoms with E-state index in [9.17, 15) is 18.0 Å². The van der Waals surface area contributed by atoms with E-state index in [0.29, 0.717) is 24.4 Å². The molecule has 1 N–H and O–H groups in total. The quantitative estimate of drug-likeness (QED) is 0.707. The summed E-state index contributed by atoms with van der Waals surface area (Å²) < 4.78 is 40.6. The Morgan fingerprint density at radius 1 is 1.30 bits per heavy atom. The zero-order valence-corrected chi connectivity index (χ0v) is 15.4. The second-order valence-corrected chi connectivity index (χ2v) is 6.67. The lowest BCUT2D eigenvalue weighted by molar-refractivity contribution is -0.141. The number of rotatable bonds is 3. The number of nitrogens with zero attached hydrogens (tertiary/aromatic N) is 6. The van der Waals surface area contributed by atoms with Crippen LogP contribution in [0.5, 0.6) is 0 Å². The third-order valence-corrected chi connectivity index (χ3v) is 4.66. The summed E-state index contributed by atoms with van der Waals surface area (Å²) in [5, 5.41) is 16.1. The number of carbonyl (C=O) groups excluding carboxylic acids is 1. The van der Waals surface area contributed by atoms with Gasteiger partial charge < -0.3 is 5.32 Å². The van der Waals surface area contributed by atoms with Crippen LogP contribution in [0.25, 0.3) is 11.3 Å². The van der Waals surface area contributed by atoms with Gasteiger partial charge in [-0.05, 0) is 31.0 Å². The molecule has 1 amide bonds. The van der Waals surface area contributed by atoms with Crippen LogP contribution in [-0.2, 0) is 12.7 Å². The summed E-state index contributed by atoms with van der Waals surface area (Å²) in [5.74, 6) is -0.496. The first-order chi connectivity index (χ1) is 14.3. The fourth-order valence-corrected chi connectivity index (χ4v) is 3.28. The Morgan fingerprint density at radius 2 is 2.13 bits per heavy atom. The van der Waals surface area contributed by atoms with Crippen molar-refractivity contribution in [2.45, 2.75) is 31.6 Å². The van der Waals surface area contributed by atoms with Crippen molar-refractivity contribution in [3.63, 3.8) is 0 Å². The van der Waals surface area contributed by atoms with Gasteiger partial charge in [0.15, 0.2) is 5.69 Å². The summed E-state index contributed by atoms with van der Waals surface area (Å²) in [6.07, 6.45) is 0.418. The summed E-state index contributed by atoms with van der Waals surface area (Å²) in [4.78, 5) is 23.7. The van der Waals surface area contributed by atoms with Crippen molar-refractivity contribution in [2.24, 2.45) is 0 Å². The van der Waals surface area contributed by atoms with Crippen LogP contribution in [0.3, 0.4) is 0 Å². The number of carbonyl (C=O) groups is 1. The molecule has 30 heavy (non-hydrogen) atoms. The normalized spacial score (nSPS) is 15.9. The van der Waals surface area contributed by atoms with Gasteiger partial charge in [-0.2, -0.15) is 23.5 Å². The third kappa shape index (κ3) is 3.84. The number of hydrogen-bond donors (Lipinski definition) is 1. The number of amides is 1. The summed E-state index contributed by atoms with van der Waals surface area (Å²) in [7, 11) is 0. The molecule has 0 saturated heterocycles. The summed E-state index contributed by atoms with van der Waals surface area (Å²) in [5.41, 5.74) is 0.375. The van der Waals surface area contributed by atoms with Crippen molar-refractivity contribution in [1.29, 1.82) is 5.26 Å². The number of fused-ring (bicyclic) bond motifs is 1. The zero-order chi connectivity index (χ0) is 21.3. The molecule has 4 rings (SSSR count). The van der Waals surface area contributed by atoms with E-state index in [1.54, 1.807) is 10.7 Å². The number of nitriles is 1. The number of aryl methyl sites for hydroxylation is 1. The number of hydrogen-bond acceptors (Lipinski definition) is 6. The summed E-state index contributed by atoms with van der Waals surface area (Å²) in [6, 6.07) is 5.50. The molecule has 4 heterocycles. The number of alkyl halides is 3. The van der Waals surface area contributed by atoms with Crippen LogP contribution in [0, 0.1) is 11.3 Å². The number of aromatic nitrogens is 5. The molecule has 3 aromatic heterocycles. The molecule has 0 aromatic carbocycles. The van der Waals surface area contributed by atoms with Gasteiger partial charge in [-0.3, -0.25) is 19.4 Å². The predicted molar refractivity (Wildman–Crippen MR) is 96.6 cm³/mol. The van der Waals surface area contributed by atoms with Gasteiger partial charge in [-0.15, -0.1) is 0 Å². The maximum Gasteiger partial charge on any atom is 0.433 e. The maximum absolute atomic E-state index is 13.0. The van der Waals surface area contributed by atoms with Crippen LogP contribution < -0.4 is 5.32 Å². The van der Waals surface area contributed by atoms with E-state index in [-0.39, 0.29) is 17.0 Å². The third-order valence-electron chi connectivity index (χ3n) is 4.66. The Balaban J connectivity index is 1.60. The van der Waals surface area contributed by atoms with E-state index in [4.69, 9.17) is 5.26 Å². The first-order valence-corrected chi connectivity index (χ1v) is 8.99. The van der Waals surface area contributed by atoms with Crippen molar-refractivity contribution >= 4 is 5.91 Å². The van der Waals surface area contributed by atoms with Crippen LogP contribution in [0.4, 0.5) is 13.2 Å². The molecular weight excluding hydrogens is 399 g/mol. The molecule has 0 bridgehead atoms. The van der Waals surface area contributed by atoms with E-state index < -0.39 is 23.8 Å². The standard InChI is InChI=1S/C19H14F3N7O/c20-19(21,22)17-6-11(3-4-25-17)14-7-16-13(2-1-5-29(16)28-14)27-18(30)15-10-24-9-12(8-23)26-15/h3-4,6-7,9-10,13H,1-2,5H2,(H,27,30). The number of pyridine rings is 1. The minimum atomic E-state index is -4.55. The van der Waals surface area contributed by atoms with Crippen molar-refractivity contribution < 1.29 is 18.0 Å². The fourth-order valence-electron chi connectivity index (χ4n) is 3.28. The Hall–Kier alpha value is -3.81. The Kier molecular flexibility index (Phi) is 4.91. The van der Waals surface area contributed by atoms with Crippen molar-refractivity contribution in [1.82, 2.24) is 30.0 Å². The largest absolute Gasteiger partial charge is 0.433 e. The first kappa shape index (κ1) is 19.5. The lowest BCUT2D eigenvalue weighted by Crippen LogP contribution is -2.33. The highest BCUT2D eigenvalue weighted by Crippen LogP contribution is 2.32. The summed E-state index contributed by atoms with van der Waals surface area (Å²) >= 11 is 0. The van der Waals surface area contributed by atoms with Gasteiger partial charge in [0.25, 0.3) is 5.91 Å². The zero-order valence-electron chi connectivity index (χ0n) is 15.4. The predicted octanol–water partition coefficient (Wildman–Crippen LogP) is 2.89. The molecule has 0 saturated carbocycles. The Morgan fingerprint density at radius 3 is 2.90 bits per heavy atom. The van der Waals surface area contributed by atoms with E-state index in [1.165, 1.54) is 18.5 Å². The molecule has 3 aromatic rings. The lowest BCUT2D eigenvalue weighted by Gasteiger charge is -2.24. The van der Waals surface area contributed by atoms with Crippen LogP contribution in [0.15, 0.2) is 36.8 Å². The molecule has 152 valence electrons. The second kappa shape index (κ2) is 7.55. The summed E-state index contributed by atoms with van der Waals surface area (Å²) in [6.45, 7) is 0.586. The van der Waals surface area contributed by atoms with Gasteiger partial charge in [0.2, 0.25) is 0 Å². The topological polar surface area (TPSA) is 109 Å². The average Bonchev–Trinajstić information content (AvgIpc) is 3.19. The monoisotopic (exact) mass is 413 g/mol. The highest BCUT2D eigenvalue weighted by Gasteiger charge is 2.33. The van der Waals surface area contributed by atoms with Crippen LogP contribution >= 0.6 is 0 Å². The van der Waals surface area contributed by atoms with Gasteiger partial charge in [0.1, 0.15) is 17.5 Å². The highest BCUT2D eigenvalue weighted by molar-refractivity contribution is 5.92. The highest BCUT2D eigenvalue weighted by atomic mass is 19.4. The van der Waals surface area contributed by atoms with Gasteiger partial charge >= 0.3 is 6.18 Å². The molecule has 0 aliphatic carbocycles. The Labute approximate surface area is 168 Å². The van der Waals surface area contributed by atoms with Crippen molar-refractivity contribution in [2.75, 3.05) is 0 Å². The SMILES string of the molecule is N#Cc1cncc(C(=O)NC2CCCn3nc(-c4ccnc(C(F)(F)F)c4)cc32)n1. The average molecular weight is 413 g/mol. The smallest absolute Gasteiger partial charge is 0.342 e. The van der Waals surface area contributed by atoms with E-state index in [2.05, 4.69) is 25.4 Å². The van der Waals surface area contributed by atoms with Crippen molar-refractivity contribution in [3.05, 3.63) is 59.6 Å². The molecule has 1 aliphatic heterocycles. The van der Waals surface area contributed by atoms with Gasteiger partial charge in [-0.1, -0.05) is 0 Å². The van der Waals surface area contributed by atoms with E-state index >= 15 is 0 Å². The van der Waals surface area contributed by atoms with E-state index in [1.807, 2.05) is 6.07 Å².